The van der Waals surface area contributed by atoms with Crippen molar-refractivity contribution in [1.82, 2.24) is 14.7 Å². The summed E-state index contributed by atoms with van der Waals surface area (Å²) in [5.41, 5.74) is 3.24. The van der Waals surface area contributed by atoms with Crippen LogP contribution in [0.4, 0.5) is 0 Å². The Labute approximate surface area is 204 Å². The van der Waals surface area contributed by atoms with Crippen molar-refractivity contribution in [3.63, 3.8) is 0 Å². The highest BCUT2D eigenvalue weighted by atomic mass is 16.5. The predicted molar refractivity (Wildman–Crippen MR) is 135 cm³/mol. The van der Waals surface area contributed by atoms with Gasteiger partial charge in [-0.1, -0.05) is 60.7 Å². The van der Waals surface area contributed by atoms with E-state index in [2.05, 4.69) is 46.4 Å². The number of aromatic nitrogens is 2. The van der Waals surface area contributed by atoms with Gasteiger partial charge in [0.1, 0.15) is 12.2 Å². The molecule has 0 amide bonds. The molecule has 5 rings (SSSR count). The van der Waals surface area contributed by atoms with Gasteiger partial charge in [-0.15, -0.1) is 0 Å². The van der Waals surface area contributed by atoms with Crippen molar-refractivity contribution in [3.8, 4) is 22.7 Å². The Balaban J connectivity index is 1.54. The lowest BCUT2D eigenvalue weighted by molar-refractivity contribution is 0.0316. The Morgan fingerprint density at radius 1 is 0.971 bits per heavy atom. The van der Waals surface area contributed by atoms with Gasteiger partial charge < -0.3 is 14.2 Å². The minimum atomic E-state index is -0.442. The first-order chi connectivity index (χ1) is 17.3. The van der Waals surface area contributed by atoms with Gasteiger partial charge in [0.25, 0.3) is 0 Å². The van der Waals surface area contributed by atoms with Crippen LogP contribution < -0.4 is 4.74 Å². The fraction of sp³-hybridized carbons (Fsp3) is 0.286. The highest BCUT2D eigenvalue weighted by Gasteiger charge is 2.23. The number of nitrogens with zero attached hydrogens (tertiary/aromatic N) is 3. The number of hydrogen-bond acceptors (Lipinski definition) is 6. The van der Waals surface area contributed by atoms with E-state index in [1.165, 1.54) is 6.20 Å². The van der Waals surface area contributed by atoms with Crippen molar-refractivity contribution in [2.45, 2.75) is 6.92 Å². The lowest BCUT2D eigenvalue weighted by Crippen LogP contribution is -2.38. The number of esters is 1. The second-order valence-corrected chi connectivity index (χ2v) is 8.34. The van der Waals surface area contributed by atoms with Crippen LogP contribution in [0, 0.1) is 0 Å². The molecule has 1 aliphatic rings. The van der Waals surface area contributed by atoms with E-state index in [1.54, 1.807) is 11.6 Å². The maximum Gasteiger partial charge on any atom is 0.345 e. The van der Waals surface area contributed by atoms with Crippen LogP contribution >= 0.6 is 0 Å². The number of hydrogen-bond donors (Lipinski definition) is 0. The third-order valence-corrected chi connectivity index (χ3v) is 6.18. The summed E-state index contributed by atoms with van der Waals surface area (Å²) in [6, 6.07) is 22.6. The van der Waals surface area contributed by atoms with Crippen molar-refractivity contribution in [2.75, 3.05) is 46.1 Å². The molecule has 4 aromatic rings. The van der Waals surface area contributed by atoms with Crippen LogP contribution in [0.1, 0.15) is 17.3 Å². The molecule has 7 heteroatoms. The van der Waals surface area contributed by atoms with Crippen LogP contribution in [0.15, 0.2) is 72.9 Å². The number of carbonyl (C=O) groups is 1. The van der Waals surface area contributed by atoms with Crippen molar-refractivity contribution in [2.24, 2.45) is 0 Å². The maximum absolute atomic E-state index is 12.7. The fourth-order valence-electron chi connectivity index (χ4n) is 4.44. The summed E-state index contributed by atoms with van der Waals surface area (Å²) in [5, 5.41) is 6.89. The van der Waals surface area contributed by atoms with Gasteiger partial charge in [0.05, 0.1) is 31.7 Å². The standard InChI is InChI=1S/C28H29N3O4/c1-2-34-28(32)25-20-29-31(27(25)35-19-16-30-14-17-33-18-15-30)26-13-6-5-11-24(26)23-12-7-9-21-8-3-4-10-22(21)23/h3-13,20H,2,14-19H2,1H3. The first-order valence-corrected chi connectivity index (χ1v) is 12.0. The number of carbonyl (C=O) groups excluding carboxylic acids is 1. The van der Waals surface area contributed by atoms with Crippen LogP contribution in [-0.2, 0) is 9.47 Å². The van der Waals surface area contributed by atoms with Crippen molar-refractivity contribution in [1.29, 1.82) is 0 Å². The molecular weight excluding hydrogens is 442 g/mol. The number of para-hydroxylation sites is 1. The van der Waals surface area contributed by atoms with Crippen LogP contribution in [0.3, 0.4) is 0 Å². The topological polar surface area (TPSA) is 65.8 Å². The van der Waals surface area contributed by atoms with Gasteiger partial charge in [0.15, 0.2) is 0 Å². The lowest BCUT2D eigenvalue weighted by atomic mass is 9.97. The molecule has 1 saturated heterocycles. The van der Waals surface area contributed by atoms with E-state index in [1.807, 2.05) is 30.3 Å². The number of fused-ring (bicyclic) bond motifs is 1. The molecule has 0 atom stereocenters. The average molecular weight is 472 g/mol. The highest BCUT2D eigenvalue weighted by Crippen LogP contribution is 2.35. The molecule has 0 bridgehead atoms. The lowest BCUT2D eigenvalue weighted by Gasteiger charge is -2.26. The van der Waals surface area contributed by atoms with Gasteiger partial charge in [-0.05, 0) is 29.3 Å². The van der Waals surface area contributed by atoms with Gasteiger partial charge in [0, 0.05) is 25.2 Å². The molecule has 0 unspecified atom stereocenters. The molecule has 0 spiro atoms. The zero-order valence-electron chi connectivity index (χ0n) is 19.9. The van der Waals surface area contributed by atoms with E-state index >= 15 is 0 Å². The molecule has 2 heterocycles. The second-order valence-electron chi connectivity index (χ2n) is 8.34. The molecule has 35 heavy (non-hydrogen) atoms. The predicted octanol–water partition coefficient (Wildman–Crippen LogP) is 4.58. The molecule has 3 aromatic carbocycles. The minimum Gasteiger partial charge on any atom is -0.476 e. The Bertz CT molecular complexity index is 1310. The number of morpholine rings is 1. The average Bonchev–Trinajstić information content (AvgIpc) is 3.33. The SMILES string of the molecule is CCOC(=O)c1cnn(-c2ccccc2-c2cccc3ccccc23)c1OCCN1CCOCC1. The Morgan fingerprint density at radius 3 is 2.57 bits per heavy atom. The number of rotatable bonds is 8. The molecule has 1 fully saturated rings. The van der Waals surface area contributed by atoms with Gasteiger partial charge in [-0.3, -0.25) is 4.90 Å². The summed E-state index contributed by atoms with van der Waals surface area (Å²) in [4.78, 5) is 15.0. The smallest absolute Gasteiger partial charge is 0.345 e. The quantitative estimate of drug-likeness (QED) is 0.351. The molecule has 0 N–H and O–H groups in total. The summed E-state index contributed by atoms with van der Waals surface area (Å²) in [6.07, 6.45) is 1.53. The number of benzene rings is 3. The summed E-state index contributed by atoms with van der Waals surface area (Å²) in [5.74, 6) is -0.0489. The molecule has 0 saturated carbocycles. The molecule has 180 valence electrons. The van der Waals surface area contributed by atoms with Crippen molar-refractivity contribution < 1.29 is 19.0 Å². The van der Waals surface area contributed by atoms with Crippen molar-refractivity contribution in [3.05, 3.63) is 78.5 Å². The zero-order chi connectivity index (χ0) is 24.0. The van der Waals surface area contributed by atoms with Crippen LogP contribution in [0.2, 0.25) is 0 Å². The monoisotopic (exact) mass is 471 g/mol. The molecule has 1 aliphatic heterocycles. The van der Waals surface area contributed by atoms with Crippen LogP contribution in [0.25, 0.3) is 27.6 Å². The first-order valence-electron chi connectivity index (χ1n) is 12.0. The minimum absolute atomic E-state index is 0.282. The summed E-state index contributed by atoms with van der Waals surface area (Å²) in [6.45, 7) is 6.43. The molecule has 1 aromatic heterocycles. The van der Waals surface area contributed by atoms with E-state index in [9.17, 15) is 4.79 Å². The molecular formula is C28H29N3O4. The van der Waals surface area contributed by atoms with Gasteiger partial charge in [0.2, 0.25) is 5.88 Å². The van der Waals surface area contributed by atoms with E-state index in [0.717, 1.165) is 60.4 Å². The van der Waals surface area contributed by atoms with E-state index in [-0.39, 0.29) is 6.61 Å². The molecule has 0 aliphatic carbocycles. The zero-order valence-corrected chi connectivity index (χ0v) is 19.9. The second kappa shape index (κ2) is 10.7. The summed E-state index contributed by atoms with van der Waals surface area (Å²) < 4.78 is 18.7. The number of ether oxygens (including phenoxy) is 3. The molecule has 7 nitrogen and oxygen atoms in total. The fourth-order valence-corrected chi connectivity index (χ4v) is 4.44. The summed E-state index contributed by atoms with van der Waals surface area (Å²) in [7, 11) is 0. The largest absolute Gasteiger partial charge is 0.476 e. The van der Waals surface area contributed by atoms with Gasteiger partial charge in [-0.25, -0.2) is 4.79 Å². The van der Waals surface area contributed by atoms with Gasteiger partial charge in [-0.2, -0.15) is 9.78 Å². The normalized spacial score (nSPS) is 14.2. The van der Waals surface area contributed by atoms with E-state index < -0.39 is 5.97 Å². The maximum atomic E-state index is 12.7. The van der Waals surface area contributed by atoms with Crippen molar-refractivity contribution >= 4 is 16.7 Å². The highest BCUT2D eigenvalue weighted by molar-refractivity contribution is 5.98. The Hall–Kier alpha value is -3.68. The van der Waals surface area contributed by atoms with E-state index in [4.69, 9.17) is 14.2 Å². The van der Waals surface area contributed by atoms with E-state index in [0.29, 0.717) is 18.1 Å². The molecule has 0 radical (unpaired) electrons. The van der Waals surface area contributed by atoms with Gasteiger partial charge >= 0.3 is 5.97 Å². The van der Waals surface area contributed by atoms with Crippen LogP contribution in [-0.4, -0.2) is 66.7 Å². The van der Waals surface area contributed by atoms with Crippen LogP contribution in [0.5, 0.6) is 5.88 Å². The Morgan fingerprint density at radius 2 is 1.71 bits per heavy atom. The third kappa shape index (κ3) is 4.92. The Kier molecular flexibility index (Phi) is 7.07. The summed E-state index contributed by atoms with van der Waals surface area (Å²) >= 11 is 0. The first kappa shape index (κ1) is 23.1. The third-order valence-electron chi connectivity index (χ3n) is 6.18.